The Morgan fingerprint density at radius 2 is 1.97 bits per heavy atom. The van der Waals surface area contributed by atoms with Crippen molar-refractivity contribution in [1.82, 2.24) is 0 Å². The number of fused-ring (bicyclic) bond motifs is 1. The Hall–Kier alpha value is -3.68. The number of ether oxygens (including phenoxy) is 1. The van der Waals surface area contributed by atoms with E-state index in [1.807, 2.05) is 12.1 Å². The van der Waals surface area contributed by atoms with Crippen LogP contribution in [0.25, 0.3) is 11.3 Å². The molecule has 30 heavy (non-hydrogen) atoms. The molecule has 1 aliphatic rings. The number of nitrogens with zero attached hydrogens (tertiary/aromatic N) is 3. The summed E-state index contributed by atoms with van der Waals surface area (Å²) < 4.78 is 10.6. The zero-order chi connectivity index (χ0) is 20.9. The number of esters is 1. The number of benzene rings is 1. The molecule has 0 atom stereocenters. The number of aryl methyl sites for hydroxylation is 1. The minimum Gasteiger partial charge on any atom is -0.455 e. The highest BCUT2D eigenvalue weighted by Gasteiger charge is 2.20. The Labute approximate surface area is 177 Å². The van der Waals surface area contributed by atoms with Gasteiger partial charge in [-0.25, -0.2) is 9.79 Å². The molecular formula is C23H17N3O3S. The summed E-state index contributed by atoms with van der Waals surface area (Å²) in [5.41, 5.74) is 3.02. The number of hydrogen-bond acceptors (Lipinski definition) is 7. The number of carbonyl (C=O) groups excluding carboxylic acids is 1. The molecule has 0 radical (unpaired) electrons. The Morgan fingerprint density at radius 1 is 1.17 bits per heavy atom. The maximum Gasteiger partial charge on any atom is 0.339 e. The molecule has 6 nitrogen and oxygen atoms in total. The first-order chi connectivity index (χ1) is 14.7. The summed E-state index contributed by atoms with van der Waals surface area (Å²) in [6.45, 7) is -0.276. The highest BCUT2D eigenvalue weighted by molar-refractivity contribution is 7.16. The van der Waals surface area contributed by atoms with E-state index >= 15 is 0 Å². The molecule has 2 heterocycles. The van der Waals surface area contributed by atoms with Crippen molar-refractivity contribution in [3.8, 4) is 23.5 Å². The normalized spacial score (nSPS) is 12.9. The van der Waals surface area contributed by atoms with E-state index in [0.29, 0.717) is 22.6 Å². The van der Waals surface area contributed by atoms with Crippen molar-refractivity contribution < 1.29 is 13.9 Å². The van der Waals surface area contributed by atoms with Crippen molar-refractivity contribution >= 4 is 28.5 Å². The molecule has 0 unspecified atom stereocenters. The van der Waals surface area contributed by atoms with E-state index in [2.05, 4.69) is 11.1 Å². The van der Waals surface area contributed by atoms with Crippen LogP contribution in [0.3, 0.4) is 0 Å². The molecule has 2 aromatic heterocycles. The third kappa shape index (κ3) is 4.03. The van der Waals surface area contributed by atoms with Gasteiger partial charge in [0.05, 0.1) is 17.3 Å². The number of furan rings is 1. The van der Waals surface area contributed by atoms with Crippen molar-refractivity contribution in [2.75, 3.05) is 6.61 Å². The first kappa shape index (κ1) is 19.6. The van der Waals surface area contributed by atoms with E-state index in [-0.39, 0.29) is 6.61 Å². The fraction of sp³-hybridized carbons (Fsp3) is 0.217. The van der Waals surface area contributed by atoms with Crippen LogP contribution in [0.5, 0.6) is 0 Å². The van der Waals surface area contributed by atoms with Gasteiger partial charge in [-0.2, -0.15) is 10.5 Å². The number of thiophene rings is 1. The molecule has 0 amide bonds. The van der Waals surface area contributed by atoms with Crippen molar-refractivity contribution in [1.29, 1.82) is 10.5 Å². The van der Waals surface area contributed by atoms with E-state index in [1.54, 1.807) is 47.9 Å². The van der Waals surface area contributed by atoms with Gasteiger partial charge in [0.1, 0.15) is 28.7 Å². The van der Waals surface area contributed by atoms with Gasteiger partial charge in [0.15, 0.2) is 6.61 Å². The molecule has 7 heteroatoms. The smallest absolute Gasteiger partial charge is 0.339 e. The standard InChI is InChI=1S/C23H17N3O3S/c24-11-12-28-23(27)16-7-5-15(6-8-16)20-10-9-17(29-20)14-26-22-19(13-25)18-3-1-2-4-21(18)30-22/h5-10,14H,1-4,12H2. The average molecular weight is 415 g/mol. The van der Waals surface area contributed by atoms with Crippen LogP contribution in [-0.4, -0.2) is 18.8 Å². The zero-order valence-corrected chi connectivity index (χ0v) is 16.9. The molecule has 0 bridgehead atoms. The molecule has 0 N–H and O–H groups in total. The topological polar surface area (TPSA) is 99.4 Å². The lowest BCUT2D eigenvalue weighted by Crippen LogP contribution is -2.04. The Balaban J connectivity index is 1.50. The molecule has 1 aromatic carbocycles. The fourth-order valence-corrected chi connectivity index (χ4v) is 4.59. The summed E-state index contributed by atoms with van der Waals surface area (Å²) in [6.07, 6.45) is 5.90. The van der Waals surface area contributed by atoms with Crippen LogP contribution >= 0.6 is 11.3 Å². The highest BCUT2D eigenvalue weighted by atomic mass is 32.1. The van der Waals surface area contributed by atoms with Crippen LogP contribution in [-0.2, 0) is 17.6 Å². The lowest BCUT2D eigenvalue weighted by molar-refractivity contribution is 0.0555. The first-order valence-corrected chi connectivity index (χ1v) is 10.3. The van der Waals surface area contributed by atoms with Crippen molar-refractivity contribution in [2.45, 2.75) is 25.7 Å². The zero-order valence-electron chi connectivity index (χ0n) is 16.1. The van der Waals surface area contributed by atoms with E-state index in [9.17, 15) is 10.1 Å². The maximum atomic E-state index is 11.8. The Morgan fingerprint density at radius 3 is 2.73 bits per heavy atom. The van der Waals surface area contributed by atoms with Gasteiger partial charge in [0.2, 0.25) is 0 Å². The average Bonchev–Trinajstić information content (AvgIpc) is 3.40. The number of rotatable bonds is 5. The fourth-order valence-electron chi connectivity index (χ4n) is 3.41. The third-order valence-electron chi connectivity index (χ3n) is 4.87. The molecule has 3 aromatic rings. The second-order valence-electron chi connectivity index (χ2n) is 6.77. The monoisotopic (exact) mass is 415 g/mol. The number of carbonyl (C=O) groups is 1. The molecule has 0 saturated heterocycles. The first-order valence-electron chi connectivity index (χ1n) is 9.52. The molecule has 4 rings (SSSR count). The minimum atomic E-state index is -0.540. The van der Waals surface area contributed by atoms with Crippen molar-refractivity contribution in [2.24, 2.45) is 4.99 Å². The number of aliphatic imine (C=N–C) groups is 1. The molecule has 1 aliphatic carbocycles. The minimum absolute atomic E-state index is 0.276. The van der Waals surface area contributed by atoms with E-state index in [0.717, 1.165) is 41.8 Å². The summed E-state index contributed by atoms with van der Waals surface area (Å²) in [7, 11) is 0. The summed E-state index contributed by atoms with van der Waals surface area (Å²) >= 11 is 1.59. The van der Waals surface area contributed by atoms with E-state index < -0.39 is 5.97 Å². The quantitative estimate of drug-likeness (QED) is 0.422. The summed E-state index contributed by atoms with van der Waals surface area (Å²) in [6, 6.07) is 14.5. The molecule has 0 saturated carbocycles. The van der Waals surface area contributed by atoms with Gasteiger partial charge in [0.25, 0.3) is 0 Å². The second kappa shape index (κ2) is 8.77. The van der Waals surface area contributed by atoms with Crippen molar-refractivity contribution in [3.63, 3.8) is 0 Å². The van der Waals surface area contributed by atoms with Crippen LogP contribution < -0.4 is 0 Å². The largest absolute Gasteiger partial charge is 0.455 e. The van der Waals surface area contributed by atoms with Gasteiger partial charge in [0, 0.05) is 10.4 Å². The van der Waals surface area contributed by atoms with Crippen LogP contribution in [0, 0.1) is 22.7 Å². The maximum absolute atomic E-state index is 11.8. The van der Waals surface area contributed by atoms with E-state index in [4.69, 9.17) is 14.4 Å². The van der Waals surface area contributed by atoms with Gasteiger partial charge < -0.3 is 9.15 Å². The predicted octanol–water partition coefficient (Wildman–Crippen LogP) is 5.19. The SMILES string of the molecule is N#CCOC(=O)c1ccc(-c2ccc(C=Nc3sc4c(c3C#N)CCCC4)o2)cc1. The summed E-state index contributed by atoms with van der Waals surface area (Å²) in [4.78, 5) is 17.6. The van der Waals surface area contributed by atoms with Crippen LogP contribution in [0.4, 0.5) is 5.00 Å². The molecule has 148 valence electrons. The molecule has 0 spiro atoms. The molecular weight excluding hydrogens is 398 g/mol. The lowest BCUT2D eigenvalue weighted by Gasteiger charge is -2.09. The number of nitriles is 2. The summed E-state index contributed by atoms with van der Waals surface area (Å²) in [5, 5.41) is 18.8. The third-order valence-corrected chi connectivity index (χ3v) is 6.07. The molecule has 0 aliphatic heterocycles. The van der Waals surface area contributed by atoms with Crippen LogP contribution in [0.1, 0.15) is 45.0 Å². The van der Waals surface area contributed by atoms with Crippen molar-refractivity contribution in [3.05, 3.63) is 63.7 Å². The van der Waals surface area contributed by atoms with Crippen LogP contribution in [0.2, 0.25) is 0 Å². The Kier molecular flexibility index (Phi) is 5.74. The number of hydrogen-bond donors (Lipinski definition) is 0. The lowest BCUT2D eigenvalue weighted by atomic mass is 9.96. The van der Waals surface area contributed by atoms with Gasteiger partial charge in [-0.1, -0.05) is 12.1 Å². The molecule has 0 fully saturated rings. The van der Waals surface area contributed by atoms with Gasteiger partial charge >= 0.3 is 5.97 Å². The van der Waals surface area contributed by atoms with E-state index in [1.165, 1.54) is 4.88 Å². The Bertz CT molecular complexity index is 1190. The highest BCUT2D eigenvalue weighted by Crippen LogP contribution is 2.39. The van der Waals surface area contributed by atoms with Gasteiger partial charge in [-0.05, 0) is 55.5 Å². The van der Waals surface area contributed by atoms with Crippen LogP contribution in [0.15, 0.2) is 45.8 Å². The predicted molar refractivity (Wildman–Crippen MR) is 113 cm³/mol. The van der Waals surface area contributed by atoms with Gasteiger partial charge in [-0.3, -0.25) is 0 Å². The summed E-state index contributed by atoms with van der Waals surface area (Å²) in [5.74, 6) is 0.680. The van der Waals surface area contributed by atoms with Gasteiger partial charge in [-0.15, -0.1) is 11.3 Å². The second-order valence-corrected chi connectivity index (χ2v) is 7.86.